The van der Waals surface area contributed by atoms with Gasteiger partial charge in [0.2, 0.25) is 10.0 Å². The van der Waals surface area contributed by atoms with Crippen molar-refractivity contribution < 1.29 is 13.2 Å². The summed E-state index contributed by atoms with van der Waals surface area (Å²) in [5, 5.41) is 0. The highest BCUT2D eigenvalue weighted by atomic mass is 32.2. The van der Waals surface area contributed by atoms with Crippen LogP contribution >= 0.6 is 0 Å². The zero-order valence-corrected chi connectivity index (χ0v) is 12.9. The van der Waals surface area contributed by atoms with Crippen LogP contribution in [0.1, 0.15) is 24.8 Å². The molecule has 1 aromatic carbocycles. The highest BCUT2D eigenvalue weighted by molar-refractivity contribution is 7.89. The number of hydrogen-bond acceptors (Lipinski definition) is 3. The normalized spacial score (nSPS) is 26.9. The summed E-state index contributed by atoms with van der Waals surface area (Å²) in [6.45, 7) is 6.12. The molecule has 2 bridgehead atoms. The average molecular weight is 305 g/mol. The molecular weight excluding hydrogens is 286 g/mol. The summed E-state index contributed by atoms with van der Waals surface area (Å²) in [4.78, 5) is 12.2. The van der Waals surface area contributed by atoms with Gasteiger partial charge in [-0.15, -0.1) is 0 Å². The van der Waals surface area contributed by atoms with E-state index in [2.05, 4.69) is 6.58 Å². The van der Waals surface area contributed by atoms with E-state index in [1.165, 1.54) is 4.31 Å². The Morgan fingerprint density at radius 2 is 1.90 bits per heavy atom. The van der Waals surface area contributed by atoms with Crippen LogP contribution in [0.5, 0.6) is 0 Å². The van der Waals surface area contributed by atoms with Crippen LogP contribution in [0.15, 0.2) is 41.3 Å². The number of fused-ring (bicyclic) bond motifs is 2. The van der Waals surface area contributed by atoms with Crippen molar-refractivity contribution >= 4 is 15.8 Å². The standard InChI is InChI=1S/C16H19NO3S/c1-11-3-6-14(7-4-11)21(19,20)17-10-12(2)15-9-13(17)5-8-16(15)18/h3-4,6-7,13,15H,2,5,8-10H2,1H3/t13-,15?/m1/s1. The highest BCUT2D eigenvalue weighted by Gasteiger charge is 2.43. The van der Waals surface area contributed by atoms with Gasteiger partial charge in [0, 0.05) is 24.9 Å². The van der Waals surface area contributed by atoms with E-state index in [0.717, 1.165) is 11.1 Å². The third kappa shape index (κ3) is 2.45. The van der Waals surface area contributed by atoms with E-state index < -0.39 is 10.0 Å². The van der Waals surface area contributed by atoms with E-state index >= 15 is 0 Å². The Balaban J connectivity index is 1.94. The first-order valence-electron chi connectivity index (χ1n) is 7.18. The van der Waals surface area contributed by atoms with Crippen LogP contribution < -0.4 is 0 Å². The fourth-order valence-corrected chi connectivity index (χ4v) is 4.90. The second-order valence-corrected chi connectivity index (χ2v) is 7.86. The maximum Gasteiger partial charge on any atom is 0.243 e. The Labute approximate surface area is 125 Å². The minimum Gasteiger partial charge on any atom is -0.299 e. The molecule has 0 spiro atoms. The Hall–Kier alpha value is -1.46. The summed E-state index contributed by atoms with van der Waals surface area (Å²) in [6, 6.07) is 6.82. The number of carbonyl (C=O) groups excluding carboxylic acids is 1. The van der Waals surface area contributed by atoms with Crippen LogP contribution in [0.4, 0.5) is 0 Å². The van der Waals surface area contributed by atoms with E-state index in [1.807, 2.05) is 6.92 Å². The molecule has 0 N–H and O–H groups in total. The quantitative estimate of drug-likeness (QED) is 0.788. The molecule has 0 aromatic heterocycles. The lowest BCUT2D eigenvalue weighted by atomic mass is 9.77. The molecule has 5 heteroatoms. The van der Waals surface area contributed by atoms with Crippen molar-refractivity contribution in [3.05, 3.63) is 42.0 Å². The van der Waals surface area contributed by atoms with Crippen LogP contribution in [0.25, 0.3) is 0 Å². The second-order valence-electron chi connectivity index (χ2n) is 5.97. The average Bonchev–Trinajstić information content (AvgIpc) is 2.45. The van der Waals surface area contributed by atoms with Crippen LogP contribution in [-0.4, -0.2) is 31.1 Å². The number of hydrogen-bond donors (Lipinski definition) is 0. The molecule has 2 aliphatic rings. The van der Waals surface area contributed by atoms with Crippen LogP contribution in [0.2, 0.25) is 0 Å². The van der Waals surface area contributed by atoms with Gasteiger partial charge >= 0.3 is 0 Å². The molecular formula is C16H19NO3S. The minimum absolute atomic E-state index is 0.0792. The molecule has 1 aliphatic heterocycles. The number of ketones is 1. The molecule has 4 nitrogen and oxygen atoms in total. The Morgan fingerprint density at radius 3 is 2.57 bits per heavy atom. The molecule has 2 atom stereocenters. The molecule has 1 saturated carbocycles. The lowest BCUT2D eigenvalue weighted by Gasteiger charge is -2.42. The number of aryl methyl sites for hydroxylation is 1. The molecule has 1 heterocycles. The molecule has 3 rings (SSSR count). The van der Waals surface area contributed by atoms with Gasteiger partial charge in [-0.1, -0.05) is 29.8 Å². The van der Waals surface area contributed by atoms with Gasteiger partial charge in [0.15, 0.2) is 0 Å². The Bertz CT molecular complexity index is 691. The summed E-state index contributed by atoms with van der Waals surface area (Å²) in [5.41, 5.74) is 1.76. The van der Waals surface area contributed by atoms with Crippen molar-refractivity contribution in [1.82, 2.24) is 4.31 Å². The number of sulfonamides is 1. The van der Waals surface area contributed by atoms with Gasteiger partial charge < -0.3 is 0 Å². The number of piperidine rings is 1. The third-order valence-electron chi connectivity index (χ3n) is 4.51. The largest absolute Gasteiger partial charge is 0.299 e. The molecule has 0 amide bonds. The van der Waals surface area contributed by atoms with Crippen molar-refractivity contribution in [3.63, 3.8) is 0 Å². The summed E-state index contributed by atoms with van der Waals surface area (Å²) in [5.74, 6) is 0.0665. The van der Waals surface area contributed by atoms with Crippen LogP contribution in [0, 0.1) is 12.8 Å². The molecule has 1 saturated heterocycles. The zero-order valence-electron chi connectivity index (χ0n) is 12.1. The summed E-state index contributed by atoms with van der Waals surface area (Å²) < 4.78 is 27.2. The fraction of sp³-hybridized carbons (Fsp3) is 0.438. The molecule has 21 heavy (non-hydrogen) atoms. The first kappa shape index (κ1) is 14.5. The van der Waals surface area contributed by atoms with E-state index in [4.69, 9.17) is 0 Å². The third-order valence-corrected chi connectivity index (χ3v) is 6.42. The summed E-state index contributed by atoms with van der Waals surface area (Å²) in [6.07, 6.45) is 1.66. The van der Waals surface area contributed by atoms with E-state index in [-0.39, 0.29) is 24.3 Å². The fourth-order valence-electron chi connectivity index (χ4n) is 3.23. The van der Waals surface area contributed by atoms with Gasteiger partial charge in [0.1, 0.15) is 5.78 Å². The van der Waals surface area contributed by atoms with Gasteiger partial charge in [0.05, 0.1) is 4.90 Å². The summed E-state index contributed by atoms with van der Waals surface area (Å²) >= 11 is 0. The van der Waals surface area contributed by atoms with Crippen LogP contribution in [-0.2, 0) is 14.8 Å². The number of Topliss-reactive ketones (excluding diaryl/α,β-unsaturated/α-hetero) is 1. The van der Waals surface area contributed by atoms with Crippen molar-refractivity contribution in [2.24, 2.45) is 5.92 Å². The van der Waals surface area contributed by atoms with Gasteiger partial charge in [-0.05, 0) is 31.9 Å². The lowest BCUT2D eigenvalue weighted by Crippen LogP contribution is -2.51. The van der Waals surface area contributed by atoms with Gasteiger partial charge in [-0.2, -0.15) is 4.31 Å². The van der Waals surface area contributed by atoms with Crippen LogP contribution in [0.3, 0.4) is 0 Å². The minimum atomic E-state index is -3.52. The van der Waals surface area contributed by atoms with E-state index in [0.29, 0.717) is 24.2 Å². The number of nitrogens with zero attached hydrogens (tertiary/aromatic N) is 1. The summed E-state index contributed by atoms with van der Waals surface area (Å²) in [7, 11) is -3.52. The van der Waals surface area contributed by atoms with Gasteiger partial charge in [-0.3, -0.25) is 4.79 Å². The van der Waals surface area contributed by atoms with E-state index in [1.54, 1.807) is 24.3 Å². The highest BCUT2D eigenvalue weighted by Crippen LogP contribution is 2.37. The molecule has 1 unspecified atom stereocenters. The zero-order chi connectivity index (χ0) is 15.2. The Kier molecular flexibility index (Phi) is 3.50. The second kappa shape index (κ2) is 5.07. The first-order chi connectivity index (χ1) is 9.89. The number of rotatable bonds is 2. The molecule has 1 aliphatic carbocycles. The predicted molar refractivity (Wildman–Crippen MR) is 80.3 cm³/mol. The Morgan fingerprint density at radius 1 is 1.24 bits per heavy atom. The molecule has 0 radical (unpaired) electrons. The number of carbonyl (C=O) groups is 1. The van der Waals surface area contributed by atoms with Crippen molar-refractivity contribution in [2.45, 2.75) is 37.1 Å². The van der Waals surface area contributed by atoms with Gasteiger partial charge in [-0.25, -0.2) is 8.42 Å². The van der Waals surface area contributed by atoms with E-state index in [9.17, 15) is 13.2 Å². The smallest absolute Gasteiger partial charge is 0.243 e. The first-order valence-corrected chi connectivity index (χ1v) is 8.62. The van der Waals surface area contributed by atoms with Crippen molar-refractivity contribution in [3.8, 4) is 0 Å². The maximum absolute atomic E-state index is 12.8. The predicted octanol–water partition coefficient (Wildman–Crippen LogP) is 2.29. The monoisotopic (exact) mass is 305 g/mol. The maximum atomic E-state index is 12.8. The van der Waals surface area contributed by atoms with Gasteiger partial charge in [0.25, 0.3) is 0 Å². The lowest BCUT2D eigenvalue weighted by molar-refractivity contribution is -0.125. The number of benzene rings is 1. The molecule has 1 aromatic rings. The topological polar surface area (TPSA) is 54.5 Å². The van der Waals surface area contributed by atoms with Crippen molar-refractivity contribution in [1.29, 1.82) is 0 Å². The molecule has 2 fully saturated rings. The SMILES string of the molecule is C=C1CN(S(=O)(=O)c2ccc(C)cc2)[C@@H]2CCC(=O)C1C2. The van der Waals surface area contributed by atoms with Crippen molar-refractivity contribution in [2.75, 3.05) is 6.54 Å². The molecule has 112 valence electrons.